The third-order valence-corrected chi connectivity index (χ3v) is 3.98. The molecule has 23 heavy (non-hydrogen) atoms. The van der Waals surface area contributed by atoms with Gasteiger partial charge in [-0.2, -0.15) is 0 Å². The van der Waals surface area contributed by atoms with Gasteiger partial charge in [-0.3, -0.25) is 4.79 Å². The first-order valence-electron chi connectivity index (χ1n) is 8.13. The van der Waals surface area contributed by atoms with Crippen LogP contribution in [0.4, 0.5) is 5.69 Å². The number of rotatable bonds is 6. The Balaban J connectivity index is 1.98. The van der Waals surface area contributed by atoms with E-state index in [1.165, 1.54) is 5.56 Å². The maximum absolute atomic E-state index is 12.3. The summed E-state index contributed by atoms with van der Waals surface area (Å²) in [5, 5.41) is 6.37. The molecule has 2 aromatic rings. The first kappa shape index (κ1) is 17.2. The largest absolute Gasteiger partial charge is 0.325 e. The highest BCUT2D eigenvalue weighted by atomic mass is 16.1. The summed E-state index contributed by atoms with van der Waals surface area (Å²) in [6.07, 6.45) is 0. The molecule has 1 atom stereocenters. The Morgan fingerprint density at radius 1 is 1.04 bits per heavy atom. The van der Waals surface area contributed by atoms with Crippen molar-refractivity contribution in [2.45, 2.75) is 33.7 Å². The highest BCUT2D eigenvalue weighted by Crippen LogP contribution is 2.21. The summed E-state index contributed by atoms with van der Waals surface area (Å²) in [5.41, 5.74) is 4.32. The Hall–Kier alpha value is -2.13. The van der Waals surface area contributed by atoms with Gasteiger partial charge in [-0.05, 0) is 42.5 Å². The lowest BCUT2D eigenvalue weighted by molar-refractivity contribution is -0.115. The molecule has 0 aliphatic rings. The van der Waals surface area contributed by atoms with E-state index < -0.39 is 0 Å². The van der Waals surface area contributed by atoms with Gasteiger partial charge in [0.1, 0.15) is 0 Å². The molecule has 2 N–H and O–H groups in total. The van der Waals surface area contributed by atoms with Gasteiger partial charge in [-0.15, -0.1) is 0 Å². The van der Waals surface area contributed by atoms with E-state index in [0.29, 0.717) is 12.5 Å². The topological polar surface area (TPSA) is 41.1 Å². The van der Waals surface area contributed by atoms with Crippen LogP contribution in [0.2, 0.25) is 0 Å². The van der Waals surface area contributed by atoms with Crippen molar-refractivity contribution in [3.05, 3.63) is 65.2 Å². The van der Waals surface area contributed by atoms with Crippen LogP contribution >= 0.6 is 0 Å². The fourth-order valence-electron chi connectivity index (χ4n) is 2.67. The van der Waals surface area contributed by atoms with Crippen molar-refractivity contribution in [2.24, 2.45) is 5.92 Å². The molecule has 3 nitrogen and oxygen atoms in total. The van der Waals surface area contributed by atoms with Gasteiger partial charge in [0.15, 0.2) is 0 Å². The van der Waals surface area contributed by atoms with Crippen LogP contribution in [-0.4, -0.2) is 12.5 Å². The predicted octanol–water partition coefficient (Wildman–Crippen LogP) is 4.23. The molecule has 0 unspecified atom stereocenters. The SMILES string of the molecule is Cc1ccc(C)c(NC(=O)CN[C@H](c2ccccc2)C(C)C)c1. The molecular weight excluding hydrogens is 284 g/mol. The van der Waals surface area contributed by atoms with E-state index in [0.717, 1.165) is 16.8 Å². The van der Waals surface area contributed by atoms with Crippen LogP contribution < -0.4 is 10.6 Å². The van der Waals surface area contributed by atoms with Crippen LogP contribution in [0.25, 0.3) is 0 Å². The van der Waals surface area contributed by atoms with E-state index in [-0.39, 0.29) is 11.9 Å². The molecule has 1 amide bonds. The minimum Gasteiger partial charge on any atom is -0.325 e. The van der Waals surface area contributed by atoms with E-state index in [4.69, 9.17) is 0 Å². The fourth-order valence-corrected chi connectivity index (χ4v) is 2.67. The van der Waals surface area contributed by atoms with Gasteiger partial charge in [-0.1, -0.05) is 56.3 Å². The Labute approximate surface area is 139 Å². The Morgan fingerprint density at radius 3 is 2.39 bits per heavy atom. The highest BCUT2D eigenvalue weighted by molar-refractivity contribution is 5.93. The van der Waals surface area contributed by atoms with E-state index in [1.54, 1.807) is 0 Å². The van der Waals surface area contributed by atoms with E-state index in [1.807, 2.05) is 50.2 Å². The quantitative estimate of drug-likeness (QED) is 0.838. The second-order valence-electron chi connectivity index (χ2n) is 6.38. The van der Waals surface area contributed by atoms with E-state index in [9.17, 15) is 4.79 Å². The van der Waals surface area contributed by atoms with E-state index in [2.05, 4.69) is 36.6 Å². The summed E-state index contributed by atoms with van der Waals surface area (Å²) in [5.74, 6) is 0.395. The monoisotopic (exact) mass is 310 g/mol. The van der Waals surface area contributed by atoms with Gasteiger partial charge in [0, 0.05) is 11.7 Å². The summed E-state index contributed by atoms with van der Waals surface area (Å²) in [7, 11) is 0. The molecule has 0 bridgehead atoms. The number of hydrogen-bond acceptors (Lipinski definition) is 2. The summed E-state index contributed by atoms with van der Waals surface area (Å²) in [6.45, 7) is 8.65. The first-order chi connectivity index (χ1) is 11.0. The standard InChI is InChI=1S/C20H26N2O/c1-14(2)20(17-8-6-5-7-9-17)21-13-19(23)22-18-12-15(3)10-11-16(18)4/h5-12,14,20-21H,13H2,1-4H3,(H,22,23)/t20-/m0/s1. The van der Waals surface area contributed by atoms with Crippen LogP contribution in [0.15, 0.2) is 48.5 Å². The average molecular weight is 310 g/mol. The Morgan fingerprint density at radius 2 is 1.74 bits per heavy atom. The van der Waals surface area contributed by atoms with Crippen molar-refractivity contribution >= 4 is 11.6 Å². The molecule has 0 heterocycles. The Bertz CT molecular complexity index is 650. The van der Waals surface area contributed by atoms with Crippen LogP contribution in [0.5, 0.6) is 0 Å². The van der Waals surface area contributed by atoms with Crippen molar-refractivity contribution in [1.82, 2.24) is 5.32 Å². The lowest BCUT2D eigenvalue weighted by Gasteiger charge is -2.23. The van der Waals surface area contributed by atoms with Crippen LogP contribution in [0.3, 0.4) is 0 Å². The molecule has 122 valence electrons. The third kappa shape index (κ3) is 4.93. The lowest BCUT2D eigenvalue weighted by atomic mass is 9.96. The number of anilines is 1. The summed E-state index contributed by atoms with van der Waals surface area (Å²) >= 11 is 0. The number of aryl methyl sites for hydroxylation is 2. The molecule has 0 saturated carbocycles. The third-order valence-electron chi connectivity index (χ3n) is 3.98. The molecule has 0 aliphatic heterocycles. The summed E-state index contributed by atoms with van der Waals surface area (Å²) in [4.78, 5) is 12.3. The number of hydrogen-bond donors (Lipinski definition) is 2. The molecule has 0 radical (unpaired) electrons. The maximum Gasteiger partial charge on any atom is 0.238 e. The second-order valence-corrected chi connectivity index (χ2v) is 6.38. The smallest absolute Gasteiger partial charge is 0.238 e. The van der Waals surface area contributed by atoms with Crippen LogP contribution in [0, 0.1) is 19.8 Å². The molecule has 0 saturated heterocycles. The molecule has 0 fully saturated rings. The summed E-state index contributed by atoms with van der Waals surface area (Å²) < 4.78 is 0. The highest BCUT2D eigenvalue weighted by Gasteiger charge is 2.16. The zero-order valence-electron chi connectivity index (χ0n) is 14.4. The maximum atomic E-state index is 12.3. The average Bonchev–Trinajstić information content (AvgIpc) is 2.52. The first-order valence-corrected chi connectivity index (χ1v) is 8.13. The molecule has 3 heteroatoms. The van der Waals surface area contributed by atoms with E-state index >= 15 is 0 Å². The van der Waals surface area contributed by atoms with Gasteiger partial charge in [0.25, 0.3) is 0 Å². The number of carbonyl (C=O) groups excluding carboxylic acids is 1. The van der Waals surface area contributed by atoms with Crippen molar-refractivity contribution in [3.8, 4) is 0 Å². The molecule has 2 aromatic carbocycles. The number of benzene rings is 2. The zero-order valence-corrected chi connectivity index (χ0v) is 14.4. The number of nitrogens with one attached hydrogen (secondary N) is 2. The van der Waals surface area contributed by atoms with Gasteiger partial charge < -0.3 is 10.6 Å². The zero-order chi connectivity index (χ0) is 16.8. The fraction of sp³-hybridized carbons (Fsp3) is 0.350. The lowest BCUT2D eigenvalue weighted by Crippen LogP contribution is -2.33. The van der Waals surface area contributed by atoms with Gasteiger partial charge in [-0.25, -0.2) is 0 Å². The Kier molecular flexibility index (Phi) is 5.94. The molecule has 0 aliphatic carbocycles. The predicted molar refractivity (Wildman–Crippen MR) is 96.6 cm³/mol. The molecule has 2 rings (SSSR count). The van der Waals surface area contributed by atoms with Crippen LogP contribution in [0.1, 0.15) is 36.6 Å². The minimum atomic E-state index is -0.0136. The van der Waals surface area contributed by atoms with Gasteiger partial charge >= 0.3 is 0 Å². The van der Waals surface area contributed by atoms with Crippen molar-refractivity contribution in [3.63, 3.8) is 0 Å². The van der Waals surface area contributed by atoms with Gasteiger partial charge in [0.05, 0.1) is 6.54 Å². The van der Waals surface area contributed by atoms with Crippen molar-refractivity contribution in [2.75, 3.05) is 11.9 Å². The van der Waals surface area contributed by atoms with Crippen molar-refractivity contribution < 1.29 is 4.79 Å². The van der Waals surface area contributed by atoms with Crippen LogP contribution in [-0.2, 0) is 4.79 Å². The number of amides is 1. The van der Waals surface area contributed by atoms with Gasteiger partial charge in [0.2, 0.25) is 5.91 Å². The second kappa shape index (κ2) is 7.93. The minimum absolute atomic E-state index is 0.0136. The summed E-state index contributed by atoms with van der Waals surface area (Å²) in [6, 6.07) is 16.5. The molecular formula is C20H26N2O. The molecule has 0 spiro atoms. The van der Waals surface area contributed by atoms with Crippen molar-refractivity contribution in [1.29, 1.82) is 0 Å². The number of carbonyl (C=O) groups is 1. The normalized spacial score (nSPS) is 12.2. The molecule has 0 aromatic heterocycles.